The number of thiazole rings is 1. The van der Waals surface area contributed by atoms with Gasteiger partial charge in [0.2, 0.25) is 0 Å². The number of nitrogens with zero attached hydrogens (tertiary/aromatic N) is 3. The van der Waals surface area contributed by atoms with E-state index in [1.54, 1.807) is 11.1 Å². The summed E-state index contributed by atoms with van der Waals surface area (Å²) in [5.74, 6) is -0.210. The number of nitrogen functional groups attached to an aromatic ring is 1. The number of thiophene rings is 1. The number of rotatable bonds is 10. The quantitative estimate of drug-likeness (QED) is 0.218. The van der Waals surface area contributed by atoms with Crippen molar-refractivity contribution in [2.75, 3.05) is 26.4 Å². The third-order valence-corrected chi connectivity index (χ3v) is 7.41. The van der Waals surface area contributed by atoms with Gasteiger partial charge >= 0.3 is 5.97 Å². The predicted octanol–water partition coefficient (Wildman–Crippen LogP) is 5.65. The van der Waals surface area contributed by atoms with Crippen LogP contribution in [0.2, 0.25) is 0 Å². The highest BCUT2D eigenvalue weighted by Gasteiger charge is 2.21. The van der Waals surface area contributed by atoms with Gasteiger partial charge in [-0.05, 0) is 43.3 Å². The number of hydrogen-bond acceptors (Lipinski definition) is 9. The van der Waals surface area contributed by atoms with Crippen molar-refractivity contribution in [2.45, 2.75) is 32.8 Å². The van der Waals surface area contributed by atoms with E-state index in [9.17, 15) is 9.59 Å². The SMILES string of the molecule is CCCCC(=O)c1sc2nc(-c3nccs3)cc(-c3ccc(COC(=O)CN(C)C)cc3)c2c1N. The molecule has 0 bridgehead atoms. The van der Waals surface area contributed by atoms with Crippen LogP contribution in [0, 0.1) is 0 Å². The molecule has 2 N–H and O–H groups in total. The first-order valence-corrected chi connectivity index (χ1v) is 13.1. The van der Waals surface area contributed by atoms with Gasteiger partial charge in [-0.15, -0.1) is 22.7 Å². The number of ketones is 1. The zero-order valence-corrected chi connectivity index (χ0v) is 21.7. The Hall–Kier alpha value is -3.14. The molecule has 3 aromatic heterocycles. The standard InChI is InChI=1S/C26H28N4O3S2/c1-4-5-6-20(31)24-23(27)22-18(13-19(29-26(22)35-24)25-28-11-12-34-25)17-9-7-16(8-10-17)15-33-21(32)14-30(2)3/h7-13H,4-6,14-15,27H2,1-3H3. The van der Waals surface area contributed by atoms with E-state index in [1.165, 1.54) is 22.7 Å². The molecule has 0 aliphatic carbocycles. The predicted molar refractivity (Wildman–Crippen MR) is 143 cm³/mol. The summed E-state index contributed by atoms with van der Waals surface area (Å²) in [4.78, 5) is 37.0. The molecule has 4 aromatic rings. The summed E-state index contributed by atoms with van der Waals surface area (Å²) < 4.78 is 5.35. The number of fused-ring (bicyclic) bond motifs is 1. The average Bonchev–Trinajstić information content (AvgIpc) is 3.49. The number of nitrogens with two attached hydrogens (primary N) is 1. The Balaban J connectivity index is 1.71. The Morgan fingerprint density at radius 3 is 2.60 bits per heavy atom. The van der Waals surface area contributed by atoms with Gasteiger partial charge in [-0.1, -0.05) is 37.6 Å². The monoisotopic (exact) mass is 508 g/mol. The number of likely N-dealkylation sites (N-methyl/N-ethyl adjacent to an activating group) is 1. The van der Waals surface area contributed by atoms with Gasteiger partial charge in [-0.2, -0.15) is 0 Å². The summed E-state index contributed by atoms with van der Waals surface area (Å²) in [7, 11) is 3.65. The van der Waals surface area contributed by atoms with Gasteiger partial charge in [-0.3, -0.25) is 14.5 Å². The third kappa shape index (κ3) is 5.75. The fourth-order valence-corrected chi connectivity index (χ4v) is 5.40. The summed E-state index contributed by atoms with van der Waals surface area (Å²) in [6.07, 6.45) is 4.01. The maximum atomic E-state index is 12.8. The summed E-state index contributed by atoms with van der Waals surface area (Å²) in [5, 5.41) is 3.51. The maximum absolute atomic E-state index is 12.8. The van der Waals surface area contributed by atoms with Crippen molar-refractivity contribution < 1.29 is 14.3 Å². The minimum Gasteiger partial charge on any atom is -0.460 e. The number of carbonyl (C=O) groups is 2. The van der Waals surface area contributed by atoms with Crippen LogP contribution >= 0.6 is 22.7 Å². The Bertz CT molecular complexity index is 1330. The van der Waals surface area contributed by atoms with Gasteiger partial charge in [0.05, 0.1) is 17.1 Å². The summed E-state index contributed by atoms with van der Waals surface area (Å²) in [5.41, 5.74) is 10.5. The normalized spacial score (nSPS) is 11.3. The minimum atomic E-state index is -0.269. The topological polar surface area (TPSA) is 98.4 Å². The van der Waals surface area contributed by atoms with Crippen molar-refractivity contribution in [1.82, 2.24) is 14.9 Å². The lowest BCUT2D eigenvalue weighted by Crippen LogP contribution is -2.23. The Morgan fingerprint density at radius 2 is 1.94 bits per heavy atom. The third-order valence-electron chi connectivity index (χ3n) is 5.47. The zero-order valence-electron chi connectivity index (χ0n) is 20.0. The van der Waals surface area contributed by atoms with Crippen molar-refractivity contribution in [2.24, 2.45) is 0 Å². The second kappa shape index (κ2) is 11.1. The molecule has 0 radical (unpaired) electrons. The van der Waals surface area contributed by atoms with E-state index in [4.69, 9.17) is 15.5 Å². The number of Topliss-reactive ketones (excluding diaryl/α,β-unsaturated/α-hetero) is 1. The number of ether oxygens (including phenoxy) is 1. The molecule has 0 unspecified atom stereocenters. The molecule has 0 saturated heterocycles. The first-order valence-electron chi connectivity index (χ1n) is 11.4. The number of carbonyl (C=O) groups excluding carboxylic acids is 2. The Kier molecular flexibility index (Phi) is 7.90. The molecule has 7 nitrogen and oxygen atoms in total. The molecular formula is C26H28N4O3S2. The van der Waals surface area contributed by atoms with E-state index < -0.39 is 0 Å². The Morgan fingerprint density at radius 1 is 1.17 bits per heavy atom. The van der Waals surface area contributed by atoms with Crippen LogP contribution in [0.15, 0.2) is 41.9 Å². The number of pyridine rings is 1. The first-order chi connectivity index (χ1) is 16.9. The lowest BCUT2D eigenvalue weighted by atomic mass is 9.99. The van der Waals surface area contributed by atoms with Crippen LogP contribution in [0.4, 0.5) is 5.69 Å². The number of hydrogen-bond donors (Lipinski definition) is 1. The number of anilines is 1. The van der Waals surface area contributed by atoms with Crippen LogP contribution in [0.1, 0.15) is 41.4 Å². The molecule has 9 heteroatoms. The first kappa shape index (κ1) is 25.0. The van der Waals surface area contributed by atoms with E-state index >= 15 is 0 Å². The molecule has 35 heavy (non-hydrogen) atoms. The molecule has 182 valence electrons. The largest absolute Gasteiger partial charge is 0.460 e. The fourth-order valence-electron chi connectivity index (χ4n) is 3.71. The van der Waals surface area contributed by atoms with Gasteiger partial charge in [0, 0.05) is 23.4 Å². The van der Waals surface area contributed by atoms with Gasteiger partial charge in [0.25, 0.3) is 0 Å². The smallest absolute Gasteiger partial charge is 0.320 e. The second-order valence-corrected chi connectivity index (χ2v) is 10.4. The van der Waals surface area contributed by atoms with Crippen LogP contribution in [0.25, 0.3) is 32.0 Å². The average molecular weight is 509 g/mol. The van der Waals surface area contributed by atoms with Crippen LogP contribution in [0.3, 0.4) is 0 Å². The Labute approximate surface area is 212 Å². The molecule has 0 fully saturated rings. The van der Waals surface area contributed by atoms with Gasteiger partial charge in [0.1, 0.15) is 22.1 Å². The van der Waals surface area contributed by atoms with E-state index in [2.05, 4.69) is 11.9 Å². The number of benzene rings is 1. The molecule has 0 atom stereocenters. The number of aromatic nitrogens is 2. The summed E-state index contributed by atoms with van der Waals surface area (Å²) in [6.45, 7) is 2.51. The lowest BCUT2D eigenvalue weighted by molar-refractivity contribution is -0.145. The van der Waals surface area contributed by atoms with Crippen molar-refractivity contribution >= 4 is 50.3 Å². The molecular weight excluding hydrogens is 480 g/mol. The summed E-state index contributed by atoms with van der Waals surface area (Å²) in [6, 6.07) is 9.81. The summed E-state index contributed by atoms with van der Waals surface area (Å²) >= 11 is 2.87. The molecule has 0 aliphatic heterocycles. The van der Waals surface area contributed by atoms with Gasteiger partial charge < -0.3 is 10.5 Å². The van der Waals surface area contributed by atoms with Crippen molar-refractivity contribution in [3.8, 4) is 21.8 Å². The van der Waals surface area contributed by atoms with Crippen LogP contribution in [0.5, 0.6) is 0 Å². The van der Waals surface area contributed by atoms with E-state index in [0.29, 0.717) is 17.0 Å². The molecule has 4 rings (SSSR count). The van der Waals surface area contributed by atoms with E-state index in [1.807, 2.05) is 49.8 Å². The zero-order chi connectivity index (χ0) is 24.9. The van der Waals surface area contributed by atoms with Gasteiger partial charge in [0.15, 0.2) is 5.78 Å². The van der Waals surface area contributed by atoms with Crippen molar-refractivity contribution in [3.63, 3.8) is 0 Å². The van der Waals surface area contributed by atoms with Crippen LogP contribution in [-0.4, -0.2) is 47.3 Å². The maximum Gasteiger partial charge on any atom is 0.320 e. The second-order valence-electron chi connectivity index (χ2n) is 8.54. The molecule has 0 amide bonds. The van der Waals surface area contributed by atoms with Crippen LogP contribution in [-0.2, 0) is 16.1 Å². The van der Waals surface area contributed by atoms with E-state index in [0.717, 1.165) is 50.5 Å². The molecule has 1 aromatic carbocycles. The number of unbranched alkanes of at least 4 members (excludes halogenated alkanes) is 1. The highest BCUT2D eigenvalue weighted by atomic mass is 32.1. The lowest BCUT2D eigenvalue weighted by Gasteiger charge is -2.11. The fraction of sp³-hybridized carbons (Fsp3) is 0.308. The number of esters is 1. The molecule has 0 spiro atoms. The van der Waals surface area contributed by atoms with Crippen molar-refractivity contribution in [1.29, 1.82) is 0 Å². The minimum absolute atomic E-state index is 0.0592. The van der Waals surface area contributed by atoms with Crippen LogP contribution < -0.4 is 5.73 Å². The molecule has 0 aliphatic rings. The van der Waals surface area contributed by atoms with E-state index in [-0.39, 0.29) is 24.9 Å². The van der Waals surface area contributed by atoms with Crippen molar-refractivity contribution in [3.05, 3.63) is 52.3 Å². The highest BCUT2D eigenvalue weighted by molar-refractivity contribution is 7.21. The molecule has 0 saturated carbocycles. The van der Waals surface area contributed by atoms with Gasteiger partial charge in [-0.25, -0.2) is 9.97 Å². The molecule has 3 heterocycles. The highest BCUT2D eigenvalue weighted by Crippen LogP contribution is 2.42.